The minimum atomic E-state index is -0.108. The average molecular weight is 513 g/mol. The van der Waals surface area contributed by atoms with Gasteiger partial charge in [-0.1, -0.05) is 105 Å². The van der Waals surface area contributed by atoms with Gasteiger partial charge in [0.05, 0.1) is 17.0 Å². The molecule has 0 radical (unpaired) electrons. The summed E-state index contributed by atoms with van der Waals surface area (Å²) >= 11 is 1.44. The molecule has 5 heteroatoms. The van der Waals surface area contributed by atoms with Gasteiger partial charge in [0.2, 0.25) is 0 Å². The Balaban J connectivity index is 1.45. The van der Waals surface area contributed by atoms with Crippen LogP contribution in [0.15, 0.2) is 64.5 Å². The van der Waals surface area contributed by atoms with Crippen LogP contribution in [-0.2, 0) is 18.4 Å². The van der Waals surface area contributed by atoms with Crippen LogP contribution in [0.3, 0.4) is 0 Å². The monoisotopic (exact) mass is 512 g/mol. The first-order valence-corrected chi connectivity index (χ1v) is 15.1. The van der Waals surface area contributed by atoms with Gasteiger partial charge in [0.1, 0.15) is 0 Å². The second kappa shape index (κ2) is 10.6. The molecule has 37 heavy (non-hydrogen) atoms. The van der Waals surface area contributed by atoms with Crippen molar-refractivity contribution < 1.29 is 4.79 Å². The number of carbonyl (C=O) groups excluding carboxylic acids is 1. The number of ketones is 1. The van der Waals surface area contributed by atoms with E-state index in [1.165, 1.54) is 68.7 Å². The number of nitrogens with zero attached hydrogens (tertiary/aromatic N) is 2. The van der Waals surface area contributed by atoms with E-state index in [1.807, 2.05) is 34.9 Å². The Kier molecular flexibility index (Phi) is 7.07. The molecule has 1 aromatic heterocycles. The topological polar surface area (TPSA) is 52.0 Å². The number of hydrogen-bond acceptors (Lipinski definition) is 4. The number of benzene rings is 2. The van der Waals surface area contributed by atoms with E-state index in [9.17, 15) is 9.59 Å². The van der Waals surface area contributed by atoms with Gasteiger partial charge in [-0.25, -0.2) is 4.98 Å². The molecule has 0 amide bonds. The van der Waals surface area contributed by atoms with E-state index in [0.29, 0.717) is 16.6 Å². The molecule has 2 saturated carbocycles. The molecule has 192 valence electrons. The highest BCUT2D eigenvalue weighted by molar-refractivity contribution is 7.99. The molecular formula is C32H36N2O2S. The van der Waals surface area contributed by atoms with Gasteiger partial charge in [0.15, 0.2) is 10.9 Å². The summed E-state index contributed by atoms with van der Waals surface area (Å²) in [4.78, 5) is 32.8. The first-order valence-electron chi connectivity index (χ1n) is 14.1. The Morgan fingerprint density at radius 2 is 1.62 bits per heavy atom. The second-order valence-electron chi connectivity index (χ2n) is 11.3. The van der Waals surface area contributed by atoms with E-state index in [4.69, 9.17) is 4.98 Å². The van der Waals surface area contributed by atoms with Gasteiger partial charge < -0.3 is 0 Å². The molecule has 1 heterocycles. The molecule has 0 unspecified atom stereocenters. The maximum Gasteiger partial charge on any atom is 0.258 e. The molecule has 6 rings (SSSR count). The summed E-state index contributed by atoms with van der Waals surface area (Å²) in [5.41, 5.74) is 5.01. The fourth-order valence-electron chi connectivity index (χ4n) is 6.96. The molecule has 0 N–H and O–H groups in total. The molecule has 0 saturated heterocycles. The molecule has 0 bridgehead atoms. The van der Waals surface area contributed by atoms with Gasteiger partial charge in [-0.05, 0) is 43.6 Å². The van der Waals surface area contributed by atoms with Crippen molar-refractivity contribution in [3.63, 3.8) is 0 Å². The molecule has 1 spiro atoms. The highest BCUT2D eigenvalue weighted by Crippen LogP contribution is 2.49. The van der Waals surface area contributed by atoms with Crippen LogP contribution in [0.2, 0.25) is 0 Å². The van der Waals surface area contributed by atoms with Crippen molar-refractivity contribution in [2.24, 2.45) is 5.92 Å². The number of thioether (sulfide) groups is 1. The van der Waals surface area contributed by atoms with E-state index in [0.717, 1.165) is 42.6 Å². The molecule has 3 aromatic rings. The van der Waals surface area contributed by atoms with Crippen LogP contribution in [0.4, 0.5) is 0 Å². The molecule has 2 aromatic carbocycles. The maximum absolute atomic E-state index is 14.5. The number of aromatic nitrogens is 2. The molecule has 3 aliphatic rings. The van der Waals surface area contributed by atoms with Gasteiger partial charge in [-0.3, -0.25) is 14.2 Å². The van der Waals surface area contributed by atoms with E-state index >= 15 is 0 Å². The minimum absolute atomic E-state index is 0.0749. The molecular weight excluding hydrogens is 476 g/mol. The zero-order chi connectivity index (χ0) is 25.2. The van der Waals surface area contributed by atoms with Gasteiger partial charge in [-0.2, -0.15) is 0 Å². The lowest BCUT2D eigenvalue weighted by atomic mass is 9.62. The SMILES string of the molecule is O=C(CSc1nc2c(c(=O)n1CC1CCCCC1)C1(CCCCC1)Cc1ccccc1-2)c1ccccc1. The summed E-state index contributed by atoms with van der Waals surface area (Å²) in [6.07, 6.45) is 12.8. The zero-order valence-corrected chi connectivity index (χ0v) is 22.4. The smallest absolute Gasteiger partial charge is 0.258 e. The third-order valence-corrected chi connectivity index (χ3v) is 9.85. The molecule has 2 fully saturated rings. The Bertz CT molecular complexity index is 1330. The summed E-state index contributed by atoms with van der Waals surface area (Å²) in [6.45, 7) is 0.721. The lowest BCUT2D eigenvalue weighted by Crippen LogP contribution is -2.43. The van der Waals surface area contributed by atoms with Gasteiger partial charge in [-0.15, -0.1) is 0 Å². The van der Waals surface area contributed by atoms with E-state index in [-0.39, 0.29) is 22.5 Å². The minimum Gasteiger partial charge on any atom is -0.293 e. The fourth-order valence-corrected chi connectivity index (χ4v) is 7.85. The van der Waals surface area contributed by atoms with Gasteiger partial charge in [0, 0.05) is 23.1 Å². The van der Waals surface area contributed by atoms with Crippen LogP contribution in [0.1, 0.15) is 85.7 Å². The number of rotatable bonds is 6. The summed E-state index contributed by atoms with van der Waals surface area (Å²) < 4.78 is 1.97. The van der Waals surface area contributed by atoms with Crippen LogP contribution >= 0.6 is 11.8 Å². The number of Topliss-reactive ketones (excluding diaryl/α,β-unsaturated/α-hetero) is 1. The Hall–Kier alpha value is -2.66. The first-order chi connectivity index (χ1) is 18.1. The Labute approximate surface area is 223 Å². The third kappa shape index (κ3) is 4.83. The number of fused-ring (bicyclic) bond motifs is 4. The molecule has 0 atom stereocenters. The largest absolute Gasteiger partial charge is 0.293 e. The van der Waals surface area contributed by atoms with Crippen LogP contribution in [0.25, 0.3) is 11.3 Å². The van der Waals surface area contributed by atoms with Crippen molar-refractivity contribution in [2.75, 3.05) is 5.75 Å². The Morgan fingerprint density at radius 3 is 2.41 bits per heavy atom. The lowest BCUT2D eigenvalue weighted by Gasteiger charge is -2.42. The molecule has 0 aliphatic heterocycles. The first kappa shape index (κ1) is 24.7. The maximum atomic E-state index is 14.5. The lowest BCUT2D eigenvalue weighted by molar-refractivity contribution is 0.102. The highest BCUT2D eigenvalue weighted by atomic mass is 32.2. The van der Waals surface area contributed by atoms with Crippen LogP contribution in [0, 0.1) is 5.92 Å². The summed E-state index contributed by atoms with van der Waals surface area (Å²) in [5, 5.41) is 0.710. The second-order valence-corrected chi connectivity index (χ2v) is 12.2. The number of carbonyl (C=O) groups is 1. The predicted octanol–water partition coefficient (Wildman–Crippen LogP) is 7.22. The zero-order valence-electron chi connectivity index (χ0n) is 21.6. The van der Waals surface area contributed by atoms with Crippen molar-refractivity contribution in [1.29, 1.82) is 0 Å². The third-order valence-electron chi connectivity index (χ3n) is 8.87. The predicted molar refractivity (Wildman–Crippen MR) is 150 cm³/mol. The summed E-state index contributed by atoms with van der Waals surface area (Å²) in [7, 11) is 0. The van der Waals surface area contributed by atoms with Gasteiger partial charge in [0.25, 0.3) is 5.56 Å². The normalized spacial score (nSPS) is 18.8. The van der Waals surface area contributed by atoms with Crippen molar-refractivity contribution >= 4 is 17.5 Å². The van der Waals surface area contributed by atoms with Crippen LogP contribution in [-0.4, -0.2) is 21.1 Å². The quantitative estimate of drug-likeness (QED) is 0.199. The van der Waals surface area contributed by atoms with Crippen LogP contribution < -0.4 is 5.56 Å². The standard InChI is InChI=1S/C32H36N2O2S/c35-27(24-14-6-2-7-15-24)22-37-31-33-29-26-17-9-8-16-25(26)20-32(18-10-3-11-19-32)28(29)30(36)34(31)21-23-12-4-1-5-13-23/h2,6-9,14-17,23H,1,3-5,10-13,18-22H2. The summed E-state index contributed by atoms with van der Waals surface area (Å²) in [6, 6.07) is 18.0. The van der Waals surface area contributed by atoms with Crippen LogP contribution in [0.5, 0.6) is 0 Å². The van der Waals surface area contributed by atoms with E-state index in [1.54, 1.807) is 0 Å². The van der Waals surface area contributed by atoms with Crippen molar-refractivity contribution in [2.45, 2.75) is 87.7 Å². The van der Waals surface area contributed by atoms with Crippen molar-refractivity contribution in [3.8, 4) is 11.3 Å². The van der Waals surface area contributed by atoms with Crippen molar-refractivity contribution in [1.82, 2.24) is 9.55 Å². The fraction of sp³-hybridized carbons (Fsp3) is 0.469. The van der Waals surface area contributed by atoms with Gasteiger partial charge >= 0.3 is 0 Å². The van der Waals surface area contributed by atoms with E-state index in [2.05, 4.69) is 24.3 Å². The Morgan fingerprint density at radius 1 is 0.919 bits per heavy atom. The number of hydrogen-bond donors (Lipinski definition) is 0. The summed E-state index contributed by atoms with van der Waals surface area (Å²) in [5.74, 6) is 0.867. The highest BCUT2D eigenvalue weighted by Gasteiger charge is 2.43. The molecule has 4 nitrogen and oxygen atoms in total. The average Bonchev–Trinajstić information content (AvgIpc) is 2.94. The molecule has 3 aliphatic carbocycles. The van der Waals surface area contributed by atoms with E-state index < -0.39 is 0 Å². The van der Waals surface area contributed by atoms with Crippen molar-refractivity contribution in [3.05, 3.63) is 81.6 Å².